The molecule has 2 heterocycles. The summed E-state index contributed by atoms with van der Waals surface area (Å²) in [4.78, 5) is 18.7. The highest BCUT2D eigenvalue weighted by Gasteiger charge is 2.23. The van der Waals surface area contributed by atoms with Gasteiger partial charge in [0.1, 0.15) is 14.8 Å². The van der Waals surface area contributed by atoms with E-state index < -0.39 is 10.0 Å². The molecule has 1 amide bonds. The summed E-state index contributed by atoms with van der Waals surface area (Å²) in [5.41, 5.74) is 0.862. The number of hydrogen-bond acceptors (Lipinski definition) is 6. The van der Waals surface area contributed by atoms with Crippen molar-refractivity contribution in [3.05, 3.63) is 52.3 Å². The number of nitrogens with zero attached hydrogens (tertiary/aromatic N) is 2. The Kier molecular flexibility index (Phi) is 5.24. The Labute approximate surface area is 160 Å². The number of nitrogens with one attached hydrogen (secondary N) is 1. The highest BCUT2D eigenvalue weighted by molar-refractivity contribution is 7.89. The largest absolute Gasteiger partial charge is 0.320 e. The van der Waals surface area contributed by atoms with Crippen molar-refractivity contribution in [3.8, 4) is 9.88 Å². The Morgan fingerprint density at radius 3 is 2.54 bits per heavy atom. The lowest BCUT2D eigenvalue weighted by Gasteiger charge is -2.15. The molecule has 0 bridgehead atoms. The third kappa shape index (κ3) is 3.56. The lowest BCUT2D eigenvalue weighted by atomic mass is 10.3. The van der Waals surface area contributed by atoms with Crippen LogP contribution in [-0.2, 0) is 10.0 Å². The van der Waals surface area contributed by atoms with Crippen LogP contribution in [0.4, 0.5) is 5.69 Å². The van der Waals surface area contributed by atoms with E-state index >= 15 is 0 Å². The monoisotopic (exact) mass is 407 g/mol. The lowest BCUT2D eigenvalue weighted by Crippen LogP contribution is -2.24. The van der Waals surface area contributed by atoms with Crippen LogP contribution in [0.15, 0.2) is 46.7 Å². The second-order valence-corrected chi connectivity index (χ2v) is 9.72. The van der Waals surface area contributed by atoms with Gasteiger partial charge in [0.15, 0.2) is 0 Å². The molecular weight excluding hydrogens is 390 g/mol. The van der Waals surface area contributed by atoms with E-state index in [-0.39, 0.29) is 16.5 Å². The number of para-hydroxylation sites is 1. The van der Waals surface area contributed by atoms with Crippen LogP contribution in [0.1, 0.15) is 15.4 Å². The molecule has 136 valence electrons. The summed E-state index contributed by atoms with van der Waals surface area (Å²) in [6, 6.07) is 10.2. The molecule has 0 aliphatic heterocycles. The number of amides is 1. The van der Waals surface area contributed by atoms with E-state index in [1.807, 2.05) is 17.5 Å². The Balaban J connectivity index is 1.93. The maximum atomic E-state index is 12.7. The van der Waals surface area contributed by atoms with Crippen LogP contribution in [0, 0.1) is 6.92 Å². The number of aryl methyl sites for hydroxylation is 1. The minimum absolute atomic E-state index is 0.0546. The maximum absolute atomic E-state index is 12.7. The van der Waals surface area contributed by atoms with Crippen LogP contribution < -0.4 is 5.32 Å². The summed E-state index contributed by atoms with van der Waals surface area (Å²) < 4.78 is 26.0. The van der Waals surface area contributed by atoms with Crippen molar-refractivity contribution in [2.24, 2.45) is 0 Å². The van der Waals surface area contributed by atoms with Gasteiger partial charge in [-0.25, -0.2) is 17.7 Å². The van der Waals surface area contributed by atoms with Crippen molar-refractivity contribution < 1.29 is 13.2 Å². The van der Waals surface area contributed by atoms with E-state index in [4.69, 9.17) is 0 Å². The Morgan fingerprint density at radius 2 is 1.88 bits per heavy atom. The molecule has 0 radical (unpaired) electrons. The first-order valence-electron chi connectivity index (χ1n) is 7.65. The van der Waals surface area contributed by atoms with E-state index in [2.05, 4.69) is 10.3 Å². The molecule has 1 N–H and O–H groups in total. The summed E-state index contributed by atoms with van der Waals surface area (Å²) in [7, 11) is -0.762. The van der Waals surface area contributed by atoms with Crippen molar-refractivity contribution in [2.75, 3.05) is 19.4 Å². The first-order valence-corrected chi connectivity index (χ1v) is 10.8. The molecule has 0 spiro atoms. The van der Waals surface area contributed by atoms with Gasteiger partial charge in [-0.15, -0.1) is 22.7 Å². The lowest BCUT2D eigenvalue weighted by molar-refractivity contribution is 0.102. The van der Waals surface area contributed by atoms with Crippen LogP contribution >= 0.6 is 22.7 Å². The molecule has 0 unspecified atom stereocenters. The molecule has 9 heteroatoms. The summed E-state index contributed by atoms with van der Waals surface area (Å²) in [5, 5.41) is 5.44. The summed E-state index contributed by atoms with van der Waals surface area (Å²) >= 11 is 2.85. The van der Waals surface area contributed by atoms with Crippen LogP contribution in [0.3, 0.4) is 0 Å². The zero-order valence-electron chi connectivity index (χ0n) is 14.4. The fourth-order valence-electron chi connectivity index (χ4n) is 2.28. The summed E-state index contributed by atoms with van der Waals surface area (Å²) in [6.07, 6.45) is 0. The Bertz CT molecular complexity index is 1040. The minimum atomic E-state index is -3.67. The van der Waals surface area contributed by atoms with Gasteiger partial charge in [-0.1, -0.05) is 18.2 Å². The number of sulfonamides is 1. The van der Waals surface area contributed by atoms with Crippen LogP contribution in [0.25, 0.3) is 9.88 Å². The van der Waals surface area contributed by atoms with Crippen LogP contribution in [0.5, 0.6) is 0 Å². The van der Waals surface area contributed by atoms with E-state index in [0.29, 0.717) is 10.6 Å². The van der Waals surface area contributed by atoms with Crippen molar-refractivity contribution >= 4 is 44.3 Å². The van der Waals surface area contributed by atoms with Crippen molar-refractivity contribution in [1.82, 2.24) is 9.29 Å². The molecular formula is C17H17N3O3S3. The van der Waals surface area contributed by atoms with Gasteiger partial charge in [0.2, 0.25) is 10.0 Å². The Morgan fingerprint density at radius 1 is 1.15 bits per heavy atom. The molecule has 0 atom stereocenters. The van der Waals surface area contributed by atoms with E-state index in [0.717, 1.165) is 14.2 Å². The zero-order valence-corrected chi connectivity index (χ0v) is 16.8. The molecule has 6 nitrogen and oxygen atoms in total. The second-order valence-electron chi connectivity index (χ2n) is 5.65. The Hall–Kier alpha value is -2.07. The topological polar surface area (TPSA) is 79.4 Å². The van der Waals surface area contributed by atoms with Gasteiger partial charge in [0.05, 0.1) is 16.3 Å². The molecule has 2 aromatic heterocycles. The van der Waals surface area contributed by atoms with Gasteiger partial charge < -0.3 is 5.32 Å². The number of rotatable bonds is 5. The van der Waals surface area contributed by atoms with E-state index in [1.165, 1.54) is 31.5 Å². The van der Waals surface area contributed by atoms with Gasteiger partial charge in [-0.2, -0.15) is 0 Å². The molecule has 1 aromatic carbocycles. The summed E-state index contributed by atoms with van der Waals surface area (Å²) in [5.74, 6) is -0.371. The first kappa shape index (κ1) is 18.7. The molecule has 3 rings (SSSR count). The van der Waals surface area contributed by atoms with Gasteiger partial charge >= 0.3 is 0 Å². The van der Waals surface area contributed by atoms with Gasteiger partial charge in [-0.3, -0.25) is 4.79 Å². The third-order valence-electron chi connectivity index (χ3n) is 3.63. The number of aromatic nitrogens is 1. The second kappa shape index (κ2) is 7.28. The molecule has 0 saturated carbocycles. The maximum Gasteiger partial charge on any atom is 0.267 e. The fraction of sp³-hybridized carbons (Fsp3) is 0.176. The van der Waals surface area contributed by atoms with Gasteiger partial charge in [-0.05, 0) is 30.5 Å². The normalized spacial score (nSPS) is 11.7. The molecule has 0 aliphatic carbocycles. The average Bonchev–Trinajstić information content (AvgIpc) is 3.24. The highest BCUT2D eigenvalue weighted by atomic mass is 32.2. The minimum Gasteiger partial charge on any atom is -0.320 e. The van der Waals surface area contributed by atoms with E-state index in [1.54, 1.807) is 36.5 Å². The number of carbonyl (C=O) groups excluding carboxylic acids is 1. The third-order valence-corrected chi connectivity index (χ3v) is 7.70. The van der Waals surface area contributed by atoms with Crippen molar-refractivity contribution in [3.63, 3.8) is 0 Å². The zero-order chi connectivity index (χ0) is 18.9. The van der Waals surface area contributed by atoms with Crippen molar-refractivity contribution in [2.45, 2.75) is 11.8 Å². The highest BCUT2D eigenvalue weighted by Crippen LogP contribution is 2.32. The number of anilines is 1. The quantitative estimate of drug-likeness (QED) is 0.700. The molecule has 26 heavy (non-hydrogen) atoms. The first-order chi connectivity index (χ1) is 12.3. The number of benzene rings is 1. The number of thiophene rings is 1. The van der Waals surface area contributed by atoms with Crippen molar-refractivity contribution in [1.29, 1.82) is 0 Å². The fourth-order valence-corrected chi connectivity index (χ4v) is 5.08. The molecule has 0 aliphatic rings. The number of thiazole rings is 1. The van der Waals surface area contributed by atoms with Crippen LogP contribution in [-0.4, -0.2) is 37.7 Å². The molecule has 3 aromatic rings. The van der Waals surface area contributed by atoms with Gasteiger partial charge in [0.25, 0.3) is 5.91 Å². The average molecular weight is 408 g/mol. The smallest absolute Gasteiger partial charge is 0.267 e. The van der Waals surface area contributed by atoms with Gasteiger partial charge in [0, 0.05) is 14.1 Å². The summed E-state index contributed by atoms with van der Waals surface area (Å²) in [6.45, 7) is 1.77. The van der Waals surface area contributed by atoms with E-state index in [9.17, 15) is 13.2 Å². The standard InChI is InChI=1S/C17H17N3O3S3/c1-11-15(25-17(18-11)13-8-6-10-24-13)16(21)19-12-7-4-5-9-14(12)26(22,23)20(2)3/h4-10H,1-3H3,(H,19,21). The molecule has 0 saturated heterocycles. The number of carbonyl (C=O) groups is 1. The molecule has 0 fully saturated rings. The predicted molar refractivity (Wildman–Crippen MR) is 105 cm³/mol. The number of hydrogen-bond donors (Lipinski definition) is 1. The SMILES string of the molecule is Cc1nc(-c2cccs2)sc1C(=O)Nc1ccccc1S(=O)(=O)N(C)C. The predicted octanol–water partition coefficient (Wildman–Crippen LogP) is 3.68. The van der Waals surface area contributed by atoms with Crippen LogP contribution in [0.2, 0.25) is 0 Å².